The van der Waals surface area contributed by atoms with Gasteiger partial charge >= 0.3 is 1.43 Å². The number of fused-ring (bicyclic) bond motifs is 2. The molecule has 1 aromatic rings. The van der Waals surface area contributed by atoms with Crippen LogP contribution in [-0.2, 0) is 23.1 Å². The van der Waals surface area contributed by atoms with Crippen molar-refractivity contribution < 1.29 is 27.4 Å². The summed E-state index contributed by atoms with van der Waals surface area (Å²) in [5.41, 5.74) is 2.28. The Morgan fingerprint density at radius 3 is 2.61 bits per heavy atom. The van der Waals surface area contributed by atoms with Crippen molar-refractivity contribution >= 4 is 10.2 Å². The first-order chi connectivity index (χ1) is 12.9. The first-order valence-electron chi connectivity index (χ1n) is 10.2. The average Bonchev–Trinajstić information content (AvgIpc) is 2.62. The van der Waals surface area contributed by atoms with Crippen LogP contribution in [0.1, 0.15) is 46.2 Å². The second-order valence-corrected chi connectivity index (χ2v) is 9.49. The van der Waals surface area contributed by atoms with Gasteiger partial charge in [0.2, 0.25) is 0 Å². The molecule has 1 saturated heterocycles. The number of nitrogens with one attached hydrogen (secondary N) is 1. The zero-order valence-electron chi connectivity index (χ0n) is 18.1. The monoisotopic (exact) mass is 431 g/mol. The molecule has 6 nitrogen and oxygen atoms in total. The van der Waals surface area contributed by atoms with E-state index in [9.17, 15) is 13.5 Å². The van der Waals surface area contributed by atoms with Crippen LogP contribution in [0.15, 0.2) is 18.2 Å². The molecular weight excluding hydrogens is 398 g/mol. The third kappa shape index (κ3) is 4.82. The third-order valence-corrected chi connectivity index (χ3v) is 7.90. The molecule has 1 aliphatic carbocycles. The number of likely N-dealkylation sites (tertiary alicyclic amines) is 1. The minimum atomic E-state index is -3.46. The molecule has 0 radical (unpaired) electrons. The zero-order valence-corrected chi connectivity index (χ0v) is 18.6. The number of benzene rings is 1. The van der Waals surface area contributed by atoms with Gasteiger partial charge in [-0.1, -0.05) is 32.9 Å². The van der Waals surface area contributed by atoms with Gasteiger partial charge in [-0.15, -0.1) is 0 Å². The number of nitrogens with zero attached hydrogens (tertiary/aromatic N) is 2. The Bertz CT molecular complexity index is 761. The molecule has 0 saturated carbocycles. The molecule has 1 aromatic carbocycles. The summed E-state index contributed by atoms with van der Waals surface area (Å²) in [5, 5.41) is 10.3. The molecule has 1 fully saturated rings. The quantitative estimate of drug-likeness (QED) is 0.596. The molecule has 2 N–H and O–H groups in total. The van der Waals surface area contributed by atoms with Gasteiger partial charge < -0.3 is 17.5 Å². The maximum absolute atomic E-state index is 12.7. The van der Waals surface area contributed by atoms with Gasteiger partial charge in [-0.25, -0.2) is 0 Å². The van der Waals surface area contributed by atoms with E-state index in [2.05, 4.69) is 22.6 Å². The number of aromatic hydroxyl groups is 1. The van der Waals surface area contributed by atoms with Crippen molar-refractivity contribution in [1.82, 2.24) is 13.9 Å². The van der Waals surface area contributed by atoms with Crippen molar-refractivity contribution in [2.75, 3.05) is 26.2 Å². The molecule has 3 unspecified atom stereocenters. The first-order valence-corrected chi connectivity index (χ1v) is 11.6. The van der Waals surface area contributed by atoms with E-state index in [0.717, 1.165) is 44.3 Å². The minimum Gasteiger partial charge on any atom is -1.00 e. The molecule has 28 heavy (non-hydrogen) atoms. The molecule has 1 heterocycles. The van der Waals surface area contributed by atoms with Gasteiger partial charge in [-0.05, 0) is 55.3 Å². The Morgan fingerprint density at radius 2 is 1.96 bits per heavy atom. The summed E-state index contributed by atoms with van der Waals surface area (Å²) >= 11 is 0. The number of hydrogen-bond donors (Lipinski definition) is 2. The van der Waals surface area contributed by atoms with Gasteiger partial charge in [-0.3, -0.25) is 4.90 Å². The molecule has 160 valence electrons. The smallest absolute Gasteiger partial charge is 1.00 e. The third-order valence-electron chi connectivity index (χ3n) is 6.07. The number of phenolic OH excluding ortho intramolecular Hbond substituents is 1. The van der Waals surface area contributed by atoms with Crippen LogP contribution >= 0.6 is 0 Å². The van der Waals surface area contributed by atoms with Gasteiger partial charge in [0.15, 0.2) is 0 Å². The molecule has 0 amide bonds. The lowest BCUT2D eigenvalue weighted by atomic mass is 9.74. The van der Waals surface area contributed by atoms with Crippen LogP contribution < -0.4 is 17.1 Å². The second kappa shape index (κ2) is 9.76. The highest BCUT2D eigenvalue weighted by molar-refractivity contribution is 7.87. The predicted octanol–water partition coefficient (Wildman–Crippen LogP) is -0.747. The van der Waals surface area contributed by atoms with Crippen LogP contribution in [0.2, 0.25) is 0 Å². The highest BCUT2D eigenvalue weighted by atomic mass is 35.5. The standard InChI is InChI=1S/C20H33N3O3S.ClH/c1-4-10-22-14-17(21-27(25,26)23(5-2)6-3)11-16-12-18-15(13-19(16)22)8-7-9-20(18)24;/h7-9,16-17,19,21,24H,4-6,10-14H2,1-3H3;1H. The topological polar surface area (TPSA) is 72.9 Å². The van der Waals surface area contributed by atoms with Crippen LogP contribution in [0.4, 0.5) is 0 Å². The highest BCUT2D eigenvalue weighted by Crippen LogP contribution is 2.38. The molecule has 1 aliphatic heterocycles. The van der Waals surface area contributed by atoms with Gasteiger partial charge in [0.05, 0.1) is 0 Å². The normalized spacial score (nSPS) is 25.1. The van der Waals surface area contributed by atoms with Gasteiger partial charge in [0, 0.05) is 31.7 Å². The second-order valence-electron chi connectivity index (χ2n) is 7.79. The lowest BCUT2D eigenvalue weighted by Gasteiger charge is -2.47. The van der Waals surface area contributed by atoms with Crippen LogP contribution in [0, 0.1) is 5.92 Å². The molecule has 8 heteroatoms. The van der Waals surface area contributed by atoms with Crippen molar-refractivity contribution in [3.63, 3.8) is 0 Å². The Morgan fingerprint density at radius 1 is 1.25 bits per heavy atom. The summed E-state index contributed by atoms with van der Waals surface area (Å²) in [5.74, 6) is 0.731. The summed E-state index contributed by atoms with van der Waals surface area (Å²) < 4.78 is 29.8. The van der Waals surface area contributed by atoms with Crippen LogP contribution in [-0.4, -0.2) is 61.0 Å². The number of halogens is 1. The lowest BCUT2D eigenvalue weighted by Crippen LogP contribution is -3.00. The van der Waals surface area contributed by atoms with Gasteiger partial charge in [0.25, 0.3) is 10.2 Å². The van der Waals surface area contributed by atoms with E-state index in [1.54, 1.807) is 6.07 Å². The van der Waals surface area contributed by atoms with Crippen molar-refractivity contribution in [3.8, 4) is 5.75 Å². The van der Waals surface area contributed by atoms with Crippen molar-refractivity contribution in [1.29, 1.82) is 0 Å². The van der Waals surface area contributed by atoms with E-state index in [1.807, 2.05) is 19.9 Å². The van der Waals surface area contributed by atoms with Gasteiger partial charge in [0.1, 0.15) is 5.75 Å². The summed E-state index contributed by atoms with van der Waals surface area (Å²) in [6.07, 6.45) is 3.62. The predicted molar refractivity (Wildman–Crippen MR) is 109 cm³/mol. The van der Waals surface area contributed by atoms with E-state index in [0.29, 0.717) is 30.8 Å². The molecule has 0 spiro atoms. The number of hydrogen-bond acceptors (Lipinski definition) is 4. The maximum Gasteiger partial charge on any atom is 1.00 e. The molecule has 0 aromatic heterocycles. The maximum atomic E-state index is 12.7. The first kappa shape index (κ1) is 23.4. The summed E-state index contributed by atoms with van der Waals surface area (Å²) in [4.78, 5) is 2.45. The highest BCUT2D eigenvalue weighted by Gasteiger charge is 2.40. The minimum absolute atomic E-state index is 0. The Balaban J connectivity index is 0.00000210. The van der Waals surface area contributed by atoms with E-state index >= 15 is 0 Å². The van der Waals surface area contributed by atoms with Crippen molar-refractivity contribution in [3.05, 3.63) is 29.3 Å². The SMILES string of the molecule is CCCN1CC(NS(=O)(=O)N(CC)CC)CC2Cc3c(O)cccc3CC21.[Cl-].[H+]. The fourth-order valence-electron chi connectivity index (χ4n) is 4.84. The molecule has 3 rings (SSSR count). The fraction of sp³-hybridized carbons (Fsp3) is 0.700. The fourth-order valence-corrected chi connectivity index (χ4v) is 6.26. The Kier molecular flexibility index (Phi) is 8.16. The molecule has 3 atom stereocenters. The van der Waals surface area contributed by atoms with E-state index < -0.39 is 10.2 Å². The van der Waals surface area contributed by atoms with E-state index in [4.69, 9.17) is 0 Å². The average molecular weight is 432 g/mol. The van der Waals surface area contributed by atoms with Crippen molar-refractivity contribution in [2.45, 2.75) is 58.5 Å². The Hall–Kier alpha value is -0.860. The lowest BCUT2D eigenvalue weighted by molar-refractivity contribution is -0.00000985. The van der Waals surface area contributed by atoms with Crippen LogP contribution in [0.25, 0.3) is 0 Å². The molecular formula is C20H34ClN3O3S. The van der Waals surface area contributed by atoms with E-state index in [1.165, 1.54) is 9.87 Å². The molecule has 2 aliphatic rings. The number of phenols is 1. The van der Waals surface area contributed by atoms with Crippen molar-refractivity contribution in [2.24, 2.45) is 5.92 Å². The summed E-state index contributed by atoms with van der Waals surface area (Å²) in [6.45, 7) is 8.58. The summed E-state index contributed by atoms with van der Waals surface area (Å²) in [6, 6.07) is 6.13. The van der Waals surface area contributed by atoms with Crippen LogP contribution in [0.5, 0.6) is 5.75 Å². The van der Waals surface area contributed by atoms with E-state index in [-0.39, 0.29) is 19.9 Å². The zero-order chi connectivity index (χ0) is 19.6. The molecule has 0 bridgehead atoms. The largest absolute Gasteiger partial charge is 1.00 e. The van der Waals surface area contributed by atoms with Crippen LogP contribution in [0.3, 0.4) is 0 Å². The number of rotatable bonds is 7. The van der Waals surface area contributed by atoms with Gasteiger partial charge in [-0.2, -0.15) is 17.4 Å². The number of piperidine rings is 1. The Labute approximate surface area is 177 Å². The summed E-state index contributed by atoms with van der Waals surface area (Å²) in [7, 11) is -3.46.